The van der Waals surface area contributed by atoms with Gasteiger partial charge in [-0.1, -0.05) is 13.8 Å². The van der Waals surface area contributed by atoms with Crippen molar-refractivity contribution < 1.29 is 14.6 Å². The fraction of sp³-hybridized carbons (Fsp3) is 0.750. The van der Waals surface area contributed by atoms with Crippen molar-refractivity contribution >= 4 is 5.97 Å². The second-order valence-electron chi connectivity index (χ2n) is 1.49. The van der Waals surface area contributed by atoms with Gasteiger partial charge in [0.15, 0.2) is 0 Å². The molecular formula is C4H9FO2. The highest BCUT2D eigenvalue weighted by molar-refractivity contribution is 5.68. The molecule has 2 nitrogen and oxygen atoms in total. The summed E-state index contributed by atoms with van der Waals surface area (Å²) in [6.07, 6.45) is 0. The van der Waals surface area contributed by atoms with Crippen LogP contribution in [0.4, 0.5) is 4.70 Å². The van der Waals surface area contributed by atoms with Crippen LogP contribution in [0.5, 0.6) is 0 Å². The molecule has 0 aliphatic rings. The molecule has 0 saturated carbocycles. The van der Waals surface area contributed by atoms with Crippen molar-refractivity contribution in [2.45, 2.75) is 13.8 Å². The van der Waals surface area contributed by atoms with Crippen LogP contribution < -0.4 is 0 Å². The molecule has 0 spiro atoms. The lowest BCUT2D eigenvalue weighted by Crippen LogP contribution is -2.03. The van der Waals surface area contributed by atoms with E-state index in [1.54, 1.807) is 13.8 Å². The molecule has 3 heteroatoms. The first-order valence-electron chi connectivity index (χ1n) is 1.87. The fourth-order valence-corrected chi connectivity index (χ4v) is 0. The molecule has 0 bridgehead atoms. The highest BCUT2D eigenvalue weighted by Crippen LogP contribution is 1.87. The summed E-state index contributed by atoms with van der Waals surface area (Å²) in [5.41, 5.74) is 0. The Bertz CT molecular complexity index is 60.7. The lowest BCUT2D eigenvalue weighted by Gasteiger charge is -1.89. The van der Waals surface area contributed by atoms with Crippen molar-refractivity contribution in [3.05, 3.63) is 0 Å². The third kappa shape index (κ3) is 5.40. The Balaban J connectivity index is 0. The molecule has 1 N–H and O–H groups in total. The minimum atomic E-state index is -0.741. The third-order valence-electron chi connectivity index (χ3n) is 0.494. The molecule has 0 unspecified atom stereocenters. The van der Waals surface area contributed by atoms with E-state index >= 15 is 0 Å². The van der Waals surface area contributed by atoms with Gasteiger partial charge in [-0.15, -0.1) is 0 Å². The maximum Gasteiger partial charge on any atom is 0.305 e. The van der Waals surface area contributed by atoms with Crippen molar-refractivity contribution in [3.8, 4) is 0 Å². The summed E-state index contributed by atoms with van der Waals surface area (Å²) in [5.74, 6) is -0.972. The number of hydrogen-bond acceptors (Lipinski definition) is 1. The summed E-state index contributed by atoms with van der Waals surface area (Å²) in [5, 5.41) is 7.99. The maximum atomic E-state index is 9.70. The van der Waals surface area contributed by atoms with Crippen LogP contribution in [0.2, 0.25) is 0 Å². The molecule has 0 rings (SSSR count). The van der Waals surface area contributed by atoms with Crippen molar-refractivity contribution in [2.24, 2.45) is 5.92 Å². The average molecular weight is 108 g/mol. The van der Waals surface area contributed by atoms with Crippen molar-refractivity contribution in [1.29, 1.82) is 0 Å². The molecule has 0 aromatic carbocycles. The van der Waals surface area contributed by atoms with Crippen molar-refractivity contribution in [3.63, 3.8) is 0 Å². The molecule has 0 aromatic heterocycles. The van der Waals surface area contributed by atoms with Crippen LogP contribution in [-0.4, -0.2) is 11.1 Å². The molecule has 0 aliphatic heterocycles. The predicted octanol–water partition coefficient (Wildman–Crippen LogP) is 0.879. The molecule has 44 valence electrons. The topological polar surface area (TPSA) is 37.3 Å². The minimum absolute atomic E-state index is 0. The van der Waals surface area contributed by atoms with E-state index in [-0.39, 0.29) is 10.6 Å². The Labute approximate surface area is 41.5 Å². The lowest BCUT2D eigenvalue weighted by atomic mass is 10.2. The maximum absolute atomic E-state index is 9.70. The lowest BCUT2D eigenvalue weighted by molar-refractivity contribution is -0.140. The van der Waals surface area contributed by atoms with Gasteiger partial charge in [0.05, 0.1) is 5.92 Å². The summed E-state index contributed by atoms with van der Waals surface area (Å²) in [7, 11) is 0. The second-order valence-corrected chi connectivity index (χ2v) is 1.49. The molecule has 0 saturated heterocycles. The van der Waals surface area contributed by atoms with Crippen molar-refractivity contribution in [2.75, 3.05) is 0 Å². The molecule has 7 heavy (non-hydrogen) atoms. The van der Waals surface area contributed by atoms with Crippen LogP contribution >= 0.6 is 0 Å². The first kappa shape index (κ1) is 9.64. The molecule has 0 fully saturated rings. The number of aliphatic carboxylic acids is 1. The van der Waals surface area contributed by atoms with E-state index in [0.29, 0.717) is 0 Å². The smallest absolute Gasteiger partial charge is 0.305 e. The van der Waals surface area contributed by atoms with Gasteiger partial charge in [-0.3, -0.25) is 9.50 Å². The van der Waals surface area contributed by atoms with E-state index < -0.39 is 5.97 Å². The van der Waals surface area contributed by atoms with E-state index in [4.69, 9.17) is 5.11 Å². The average Bonchev–Trinajstić information content (AvgIpc) is 1.36. The van der Waals surface area contributed by atoms with Gasteiger partial charge in [0.25, 0.3) is 0 Å². The van der Waals surface area contributed by atoms with Crippen molar-refractivity contribution in [1.82, 2.24) is 0 Å². The van der Waals surface area contributed by atoms with Gasteiger partial charge < -0.3 is 5.11 Å². The number of carbonyl (C=O) groups is 1. The second kappa shape index (κ2) is 3.59. The first-order chi connectivity index (χ1) is 2.64. The number of carboxylic acid groups (broad SMARTS) is 1. The molecule has 0 atom stereocenters. The Kier molecular flexibility index (Phi) is 4.94. The number of halogens is 1. The van der Waals surface area contributed by atoms with E-state index in [9.17, 15) is 4.79 Å². The predicted molar refractivity (Wildman–Crippen MR) is 25.0 cm³/mol. The monoisotopic (exact) mass is 108 g/mol. The normalized spacial score (nSPS) is 7.86. The third-order valence-corrected chi connectivity index (χ3v) is 0.494. The Hall–Kier alpha value is -0.600. The molecule has 0 aliphatic carbocycles. The van der Waals surface area contributed by atoms with Gasteiger partial charge in [-0.25, -0.2) is 0 Å². The molecular weight excluding hydrogens is 99.0 g/mol. The van der Waals surface area contributed by atoms with E-state index in [1.165, 1.54) is 0 Å². The summed E-state index contributed by atoms with van der Waals surface area (Å²) in [6.45, 7) is 3.28. The van der Waals surface area contributed by atoms with Crippen LogP contribution in [-0.2, 0) is 4.79 Å². The summed E-state index contributed by atoms with van der Waals surface area (Å²) < 4.78 is 0. The van der Waals surface area contributed by atoms with Gasteiger partial charge in [0.1, 0.15) is 0 Å². The zero-order chi connectivity index (χ0) is 5.15. The van der Waals surface area contributed by atoms with Gasteiger partial charge in [-0.05, 0) is 0 Å². The fourth-order valence-electron chi connectivity index (χ4n) is 0. The Morgan fingerprint density at radius 3 is 1.71 bits per heavy atom. The molecule has 0 radical (unpaired) electrons. The van der Waals surface area contributed by atoms with Crippen LogP contribution in [0.3, 0.4) is 0 Å². The Morgan fingerprint density at radius 1 is 1.57 bits per heavy atom. The van der Waals surface area contributed by atoms with E-state index in [0.717, 1.165) is 0 Å². The molecule has 0 heterocycles. The van der Waals surface area contributed by atoms with Crippen LogP contribution in [0, 0.1) is 5.92 Å². The van der Waals surface area contributed by atoms with Crippen LogP contribution in [0.15, 0.2) is 0 Å². The summed E-state index contributed by atoms with van der Waals surface area (Å²) >= 11 is 0. The zero-order valence-corrected chi connectivity index (χ0v) is 4.34. The first-order valence-corrected chi connectivity index (χ1v) is 1.87. The van der Waals surface area contributed by atoms with Gasteiger partial charge in [0.2, 0.25) is 0 Å². The van der Waals surface area contributed by atoms with Crippen LogP contribution in [0.25, 0.3) is 0 Å². The highest BCUT2D eigenvalue weighted by Gasteiger charge is 1.99. The molecule has 0 amide bonds. The zero-order valence-electron chi connectivity index (χ0n) is 4.34. The number of hydrogen-bond donors (Lipinski definition) is 1. The summed E-state index contributed by atoms with van der Waals surface area (Å²) in [4.78, 5) is 9.70. The van der Waals surface area contributed by atoms with Gasteiger partial charge >= 0.3 is 5.97 Å². The van der Waals surface area contributed by atoms with E-state index in [2.05, 4.69) is 0 Å². The molecule has 0 aromatic rings. The largest absolute Gasteiger partial charge is 0.481 e. The standard InChI is InChI=1S/C4H8O2.FH/c1-3(2)4(5)6;/h3H,1-2H3,(H,5,6);1H. The number of rotatable bonds is 1. The highest BCUT2D eigenvalue weighted by atomic mass is 19.0. The quantitative estimate of drug-likeness (QED) is 0.541. The van der Waals surface area contributed by atoms with E-state index in [1.807, 2.05) is 0 Å². The SMILES string of the molecule is CC(C)C(=O)O.F. The number of carboxylic acids is 1. The Morgan fingerprint density at radius 2 is 1.71 bits per heavy atom. The van der Waals surface area contributed by atoms with Gasteiger partial charge in [0, 0.05) is 0 Å². The van der Waals surface area contributed by atoms with Gasteiger partial charge in [-0.2, -0.15) is 0 Å². The minimum Gasteiger partial charge on any atom is -0.481 e. The van der Waals surface area contributed by atoms with Crippen LogP contribution in [0.1, 0.15) is 13.8 Å². The summed E-state index contributed by atoms with van der Waals surface area (Å²) in [6, 6.07) is 0.